The van der Waals surface area contributed by atoms with Gasteiger partial charge in [0.15, 0.2) is 0 Å². The molecule has 7 heteroatoms. The number of nitrogens with zero attached hydrogens (tertiary/aromatic N) is 2. The Morgan fingerprint density at radius 2 is 1.66 bits per heavy atom. The molecule has 1 saturated heterocycles. The number of carbonyl (C=O) groups is 1. The first-order valence-corrected chi connectivity index (χ1v) is 11.3. The molecule has 2 aromatic rings. The van der Waals surface area contributed by atoms with Crippen molar-refractivity contribution < 1.29 is 13.2 Å². The molecule has 1 amide bonds. The molecule has 2 aromatic carbocycles. The second-order valence-corrected chi connectivity index (χ2v) is 9.58. The van der Waals surface area contributed by atoms with E-state index in [0.717, 1.165) is 16.8 Å². The Bertz CT molecular complexity index is 977. The third-order valence-electron chi connectivity index (χ3n) is 5.37. The van der Waals surface area contributed by atoms with E-state index in [0.29, 0.717) is 36.4 Å². The number of amides is 1. The number of hydrogen-bond acceptors (Lipinski definition) is 4. The average molecular weight is 416 g/mol. The Kier molecular flexibility index (Phi) is 6.29. The van der Waals surface area contributed by atoms with Gasteiger partial charge < -0.3 is 9.80 Å². The van der Waals surface area contributed by atoms with Crippen molar-refractivity contribution in [2.24, 2.45) is 0 Å². The molecular formula is C22H29N3O3S. The van der Waals surface area contributed by atoms with Crippen LogP contribution < -0.4 is 9.62 Å². The van der Waals surface area contributed by atoms with Gasteiger partial charge in [-0.25, -0.2) is 13.1 Å². The van der Waals surface area contributed by atoms with Gasteiger partial charge in [0.1, 0.15) is 0 Å². The van der Waals surface area contributed by atoms with Crippen LogP contribution in [0.3, 0.4) is 0 Å². The standard InChI is InChI=1S/C22H29N3O3S/c1-16-5-6-17(2)21(15-16)29(27,28)23-19-11-13-25(14-12-19)22(26)18-7-9-20(10-8-18)24(3)4/h5-10,15,19,23H,11-14H2,1-4H3. The summed E-state index contributed by atoms with van der Waals surface area (Å²) in [7, 11) is 0.344. The van der Waals surface area contributed by atoms with Crippen molar-refractivity contribution in [1.82, 2.24) is 9.62 Å². The molecule has 0 aromatic heterocycles. The summed E-state index contributed by atoms with van der Waals surface area (Å²) >= 11 is 0. The molecule has 1 aliphatic heterocycles. The van der Waals surface area contributed by atoms with Crippen LogP contribution in [-0.2, 0) is 10.0 Å². The molecule has 1 N–H and O–H groups in total. The van der Waals surface area contributed by atoms with Gasteiger partial charge >= 0.3 is 0 Å². The van der Waals surface area contributed by atoms with Gasteiger partial charge in [-0.05, 0) is 68.1 Å². The van der Waals surface area contributed by atoms with E-state index < -0.39 is 10.0 Å². The lowest BCUT2D eigenvalue weighted by molar-refractivity contribution is 0.0711. The molecule has 156 valence electrons. The molecule has 0 aliphatic carbocycles. The summed E-state index contributed by atoms with van der Waals surface area (Å²) < 4.78 is 28.4. The highest BCUT2D eigenvalue weighted by atomic mass is 32.2. The number of nitrogens with one attached hydrogen (secondary N) is 1. The minimum Gasteiger partial charge on any atom is -0.378 e. The second kappa shape index (κ2) is 8.55. The molecule has 0 unspecified atom stereocenters. The molecule has 6 nitrogen and oxygen atoms in total. The fourth-order valence-electron chi connectivity index (χ4n) is 3.56. The third-order valence-corrected chi connectivity index (χ3v) is 7.03. The van der Waals surface area contributed by atoms with Gasteiger partial charge in [-0.15, -0.1) is 0 Å². The molecule has 0 bridgehead atoms. The lowest BCUT2D eigenvalue weighted by Gasteiger charge is -2.32. The van der Waals surface area contributed by atoms with Gasteiger partial charge in [-0.1, -0.05) is 12.1 Å². The number of sulfonamides is 1. The number of anilines is 1. The normalized spacial score (nSPS) is 15.4. The molecule has 0 spiro atoms. The summed E-state index contributed by atoms with van der Waals surface area (Å²) in [4.78, 5) is 16.9. The van der Waals surface area contributed by atoms with Gasteiger partial charge in [0.05, 0.1) is 4.90 Å². The van der Waals surface area contributed by atoms with Gasteiger partial charge in [0, 0.05) is 44.5 Å². The van der Waals surface area contributed by atoms with Crippen molar-refractivity contribution >= 4 is 21.6 Å². The molecule has 3 rings (SSSR count). The summed E-state index contributed by atoms with van der Waals surface area (Å²) in [5, 5.41) is 0. The average Bonchev–Trinajstić information content (AvgIpc) is 2.69. The van der Waals surface area contributed by atoms with Crippen LogP contribution in [0.5, 0.6) is 0 Å². The predicted octanol–water partition coefficient (Wildman–Crippen LogP) is 2.95. The lowest BCUT2D eigenvalue weighted by atomic mass is 10.0. The smallest absolute Gasteiger partial charge is 0.253 e. The molecular weight excluding hydrogens is 386 g/mol. The molecule has 0 radical (unpaired) electrons. The highest BCUT2D eigenvalue weighted by molar-refractivity contribution is 7.89. The summed E-state index contributed by atoms with van der Waals surface area (Å²) in [6, 6.07) is 12.8. The zero-order chi connectivity index (χ0) is 21.2. The largest absolute Gasteiger partial charge is 0.378 e. The van der Waals surface area contributed by atoms with Crippen LogP contribution in [0.25, 0.3) is 0 Å². The maximum Gasteiger partial charge on any atom is 0.253 e. The van der Waals surface area contributed by atoms with Crippen LogP contribution in [0.1, 0.15) is 34.3 Å². The number of aryl methyl sites for hydroxylation is 2. The van der Waals surface area contributed by atoms with Crippen molar-refractivity contribution in [2.75, 3.05) is 32.1 Å². The van der Waals surface area contributed by atoms with E-state index in [-0.39, 0.29) is 11.9 Å². The first-order valence-electron chi connectivity index (χ1n) is 9.83. The topological polar surface area (TPSA) is 69.7 Å². The number of benzene rings is 2. The summed E-state index contributed by atoms with van der Waals surface area (Å²) in [6.45, 7) is 4.76. The fourth-order valence-corrected chi connectivity index (χ4v) is 5.20. The Balaban J connectivity index is 1.61. The predicted molar refractivity (Wildman–Crippen MR) is 116 cm³/mol. The maximum atomic E-state index is 12.8. The monoisotopic (exact) mass is 415 g/mol. The van der Waals surface area contributed by atoms with Crippen LogP contribution in [-0.4, -0.2) is 52.5 Å². The second-order valence-electron chi connectivity index (χ2n) is 7.90. The fraction of sp³-hybridized carbons (Fsp3) is 0.409. The van der Waals surface area contributed by atoms with Crippen LogP contribution in [0.4, 0.5) is 5.69 Å². The van der Waals surface area contributed by atoms with Crippen molar-refractivity contribution in [2.45, 2.75) is 37.6 Å². The quantitative estimate of drug-likeness (QED) is 0.815. The van der Waals surface area contributed by atoms with Crippen molar-refractivity contribution in [3.8, 4) is 0 Å². The van der Waals surface area contributed by atoms with Crippen LogP contribution in [0.2, 0.25) is 0 Å². The zero-order valence-corrected chi connectivity index (χ0v) is 18.3. The van der Waals surface area contributed by atoms with Crippen molar-refractivity contribution in [3.63, 3.8) is 0 Å². The number of hydrogen-bond donors (Lipinski definition) is 1. The van der Waals surface area contributed by atoms with E-state index in [2.05, 4.69) is 4.72 Å². The molecule has 1 heterocycles. The molecule has 1 aliphatic rings. The SMILES string of the molecule is Cc1ccc(C)c(S(=O)(=O)NC2CCN(C(=O)c3ccc(N(C)C)cc3)CC2)c1. The maximum absolute atomic E-state index is 12.8. The van der Waals surface area contributed by atoms with Gasteiger partial charge in [-0.2, -0.15) is 0 Å². The third kappa shape index (κ3) is 4.97. The van der Waals surface area contributed by atoms with E-state index in [1.165, 1.54) is 0 Å². The summed E-state index contributed by atoms with van der Waals surface area (Å²) in [6.07, 6.45) is 1.21. The van der Waals surface area contributed by atoms with Gasteiger partial charge in [0.25, 0.3) is 5.91 Å². The van der Waals surface area contributed by atoms with Crippen LogP contribution >= 0.6 is 0 Å². The first-order chi connectivity index (χ1) is 13.7. The highest BCUT2D eigenvalue weighted by Crippen LogP contribution is 2.21. The molecule has 29 heavy (non-hydrogen) atoms. The highest BCUT2D eigenvalue weighted by Gasteiger charge is 2.28. The van der Waals surface area contributed by atoms with Crippen molar-refractivity contribution in [1.29, 1.82) is 0 Å². The summed E-state index contributed by atoms with van der Waals surface area (Å²) in [5.41, 5.74) is 3.35. The minimum absolute atomic E-state index is 0.00820. The van der Waals surface area contributed by atoms with E-state index in [9.17, 15) is 13.2 Å². The van der Waals surface area contributed by atoms with E-state index >= 15 is 0 Å². The molecule has 0 saturated carbocycles. The van der Waals surface area contributed by atoms with E-state index in [1.807, 2.05) is 62.3 Å². The van der Waals surface area contributed by atoms with Crippen molar-refractivity contribution in [3.05, 3.63) is 59.2 Å². The first kappa shape index (κ1) is 21.3. The minimum atomic E-state index is -3.57. The number of piperidine rings is 1. The Morgan fingerprint density at radius 1 is 1.03 bits per heavy atom. The Morgan fingerprint density at radius 3 is 2.24 bits per heavy atom. The Hall–Kier alpha value is -2.38. The van der Waals surface area contributed by atoms with E-state index in [1.54, 1.807) is 17.9 Å². The van der Waals surface area contributed by atoms with E-state index in [4.69, 9.17) is 0 Å². The number of likely N-dealkylation sites (tertiary alicyclic amines) is 1. The Labute approximate surface area is 173 Å². The number of carbonyl (C=O) groups excluding carboxylic acids is 1. The molecule has 1 fully saturated rings. The lowest BCUT2D eigenvalue weighted by Crippen LogP contribution is -2.46. The number of rotatable bonds is 5. The molecule has 0 atom stereocenters. The summed E-state index contributed by atoms with van der Waals surface area (Å²) in [5.74, 6) is -0.00820. The van der Waals surface area contributed by atoms with Gasteiger partial charge in [0.2, 0.25) is 10.0 Å². The van der Waals surface area contributed by atoms with Crippen LogP contribution in [0.15, 0.2) is 47.4 Å². The zero-order valence-electron chi connectivity index (χ0n) is 17.5. The van der Waals surface area contributed by atoms with Crippen LogP contribution in [0, 0.1) is 13.8 Å². The van der Waals surface area contributed by atoms with Gasteiger partial charge in [-0.3, -0.25) is 4.79 Å².